The van der Waals surface area contributed by atoms with E-state index in [2.05, 4.69) is 20.8 Å². The molecule has 3 N–H and O–H groups in total. The van der Waals surface area contributed by atoms with E-state index in [1.165, 1.54) is 0 Å². The van der Waals surface area contributed by atoms with Crippen LogP contribution in [0.5, 0.6) is 5.75 Å². The third-order valence-corrected chi connectivity index (χ3v) is 5.97. The van der Waals surface area contributed by atoms with E-state index in [4.69, 9.17) is 14.3 Å². The van der Waals surface area contributed by atoms with Crippen LogP contribution in [0.1, 0.15) is 61.3 Å². The molecule has 1 atom stereocenters. The number of hydrogen-bond acceptors (Lipinski definition) is 7. The molecular formula is C25H28N4O5. The zero-order chi connectivity index (χ0) is 23.9. The highest BCUT2D eigenvalue weighted by Gasteiger charge is 2.27. The average molecular weight is 465 g/mol. The summed E-state index contributed by atoms with van der Waals surface area (Å²) in [5.41, 5.74) is 1.65. The van der Waals surface area contributed by atoms with Crippen LogP contribution < -0.4 is 15.4 Å². The molecule has 1 saturated carbocycles. The third-order valence-electron chi connectivity index (χ3n) is 5.97. The summed E-state index contributed by atoms with van der Waals surface area (Å²) in [5, 5.41) is 22.8. The number of hydrogen-bond donors (Lipinski definition) is 3. The molecule has 0 aliphatic heterocycles. The van der Waals surface area contributed by atoms with E-state index >= 15 is 0 Å². The van der Waals surface area contributed by atoms with Crippen molar-refractivity contribution in [1.29, 1.82) is 0 Å². The largest absolute Gasteiger partial charge is 0.490 e. The van der Waals surface area contributed by atoms with E-state index in [1.807, 2.05) is 37.3 Å². The lowest BCUT2D eigenvalue weighted by atomic mass is 9.87. The van der Waals surface area contributed by atoms with Gasteiger partial charge < -0.3 is 24.9 Å². The summed E-state index contributed by atoms with van der Waals surface area (Å²) in [6.07, 6.45) is 3.49. The highest BCUT2D eigenvalue weighted by molar-refractivity contribution is 6.00. The molecule has 9 nitrogen and oxygen atoms in total. The van der Waals surface area contributed by atoms with Gasteiger partial charge in [0.05, 0.1) is 18.1 Å². The molecule has 34 heavy (non-hydrogen) atoms. The monoisotopic (exact) mass is 464 g/mol. The van der Waals surface area contributed by atoms with Crippen molar-refractivity contribution in [2.45, 2.75) is 51.2 Å². The number of amides is 1. The van der Waals surface area contributed by atoms with Crippen LogP contribution in [0.2, 0.25) is 0 Å². The Kier molecular flexibility index (Phi) is 7.41. The molecule has 1 aliphatic rings. The van der Waals surface area contributed by atoms with Crippen molar-refractivity contribution in [3.63, 3.8) is 0 Å². The molecule has 0 bridgehead atoms. The van der Waals surface area contributed by atoms with Gasteiger partial charge in [0.15, 0.2) is 0 Å². The van der Waals surface area contributed by atoms with Crippen LogP contribution in [0.4, 0.5) is 11.7 Å². The summed E-state index contributed by atoms with van der Waals surface area (Å²) in [4.78, 5) is 23.6. The second-order valence-electron chi connectivity index (χ2n) is 8.34. The van der Waals surface area contributed by atoms with Gasteiger partial charge in [-0.15, -0.1) is 5.10 Å². The Morgan fingerprint density at radius 2 is 1.76 bits per heavy atom. The number of nitrogens with zero attached hydrogens (tertiary/aromatic N) is 2. The number of carbonyl (C=O) groups is 2. The molecule has 1 fully saturated rings. The fourth-order valence-corrected chi connectivity index (χ4v) is 4.05. The third kappa shape index (κ3) is 5.92. The van der Waals surface area contributed by atoms with Crippen molar-refractivity contribution in [3.05, 3.63) is 66.1 Å². The van der Waals surface area contributed by atoms with E-state index in [-0.39, 0.29) is 30.0 Å². The smallest absolute Gasteiger partial charge is 0.316 e. The minimum atomic E-state index is -0.732. The fraction of sp³-hybridized carbons (Fsp3) is 0.360. The van der Waals surface area contributed by atoms with E-state index < -0.39 is 11.9 Å². The van der Waals surface area contributed by atoms with Crippen LogP contribution in [0, 0.1) is 5.92 Å². The second-order valence-corrected chi connectivity index (χ2v) is 8.34. The van der Waals surface area contributed by atoms with Crippen LogP contribution in [-0.2, 0) is 4.79 Å². The fourth-order valence-electron chi connectivity index (χ4n) is 4.05. The number of carboxylic acids is 1. The summed E-state index contributed by atoms with van der Waals surface area (Å²) >= 11 is 0. The van der Waals surface area contributed by atoms with Crippen molar-refractivity contribution < 1.29 is 23.8 Å². The molecule has 1 aliphatic carbocycles. The molecule has 2 aromatic carbocycles. The molecule has 1 amide bonds. The predicted octanol–water partition coefficient (Wildman–Crippen LogP) is 4.91. The quantitative estimate of drug-likeness (QED) is 0.408. The van der Waals surface area contributed by atoms with Crippen molar-refractivity contribution in [3.8, 4) is 5.75 Å². The Morgan fingerprint density at radius 1 is 1.06 bits per heavy atom. The van der Waals surface area contributed by atoms with Crippen molar-refractivity contribution in [2.75, 3.05) is 10.6 Å². The number of carbonyl (C=O) groups excluding carboxylic acids is 1. The topological polar surface area (TPSA) is 127 Å². The predicted molar refractivity (Wildman–Crippen MR) is 126 cm³/mol. The minimum absolute atomic E-state index is 0.00295. The van der Waals surface area contributed by atoms with Crippen LogP contribution in [0.25, 0.3) is 0 Å². The van der Waals surface area contributed by atoms with Crippen LogP contribution >= 0.6 is 0 Å². The summed E-state index contributed by atoms with van der Waals surface area (Å²) in [5.74, 6) is -0.976. The lowest BCUT2D eigenvalue weighted by molar-refractivity contribution is -0.143. The molecule has 178 valence electrons. The van der Waals surface area contributed by atoms with Gasteiger partial charge in [-0.3, -0.25) is 9.59 Å². The number of nitrogens with one attached hydrogen (secondary N) is 2. The zero-order valence-electron chi connectivity index (χ0n) is 18.9. The number of carboxylic acid groups (broad SMARTS) is 1. The van der Waals surface area contributed by atoms with Gasteiger partial charge in [0.1, 0.15) is 5.75 Å². The average Bonchev–Trinajstić information content (AvgIpc) is 3.33. The number of rotatable bonds is 9. The van der Waals surface area contributed by atoms with E-state index in [9.17, 15) is 9.59 Å². The Balaban J connectivity index is 1.29. The van der Waals surface area contributed by atoms with E-state index in [0.29, 0.717) is 37.1 Å². The summed E-state index contributed by atoms with van der Waals surface area (Å²) < 4.78 is 11.5. The zero-order valence-corrected chi connectivity index (χ0v) is 18.9. The maximum absolute atomic E-state index is 12.5. The first-order chi connectivity index (χ1) is 16.5. The van der Waals surface area contributed by atoms with Crippen molar-refractivity contribution >= 4 is 23.6 Å². The Bertz CT molecular complexity index is 1090. The van der Waals surface area contributed by atoms with E-state index in [0.717, 1.165) is 12.0 Å². The second kappa shape index (κ2) is 10.8. The molecule has 0 spiro atoms. The molecule has 0 radical (unpaired) electrons. The van der Waals surface area contributed by atoms with Gasteiger partial charge in [0.2, 0.25) is 0 Å². The number of benzene rings is 2. The van der Waals surface area contributed by atoms with Gasteiger partial charge in [0, 0.05) is 5.69 Å². The maximum Gasteiger partial charge on any atom is 0.316 e. The highest BCUT2D eigenvalue weighted by Crippen LogP contribution is 2.28. The van der Waals surface area contributed by atoms with Crippen LogP contribution in [-0.4, -0.2) is 33.3 Å². The standard InChI is InChI=1S/C25H28N4O5/c1-2-21(16-6-4-3-5-7-16)27-25-29-28-23(34-25)22(30)26-18-10-14-20(15-11-18)33-19-12-8-17(9-13-19)24(31)32/h3-7,10-11,14-15,17,19,21H,2,8-9,12-13H2,1H3,(H,26,30)(H,27,29)(H,31,32)/t17?,19?,21-/m0/s1. The Morgan fingerprint density at radius 3 is 2.41 bits per heavy atom. The lowest BCUT2D eigenvalue weighted by Gasteiger charge is -2.26. The molecular weight excluding hydrogens is 436 g/mol. The summed E-state index contributed by atoms with van der Waals surface area (Å²) in [7, 11) is 0. The molecule has 4 rings (SSSR count). The minimum Gasteiger partial charge on any atom is -0.490 e. The SMILES string of the molecule is CC[C@H](Nc1nnc(C(=O)Nc2ccc(OC3CCC(C(=O)O)CC3)cc2)o1)c1ccccc1. The van der Waals surface area contributed by atoms with E-state index in [1.54, 1.807) is 24.3 Å². The summed E-state index contributed by atoms with van der Waals surface area (Å²) in [6, 6.07) is 17.1. The number of ether oxygens (including phenoxy) is 1. The van der Waals surface area contributed by atoms with Gasteiger partial charge in [-0.25, -0.2) is 0 Å². The van der Waals surface area contributed by atoms with Gasteiger partial charge >= 0.3 is 23.8 Å². The number of anilines is 2. The maximum atomic E-state index is 12.5. The van der Waals surface area contributed by atoms with Gasteiger partial charge in [-0.05, 0) is 61.9 Å². The Hall–Kier alpha value is -3.88. The van der Waals surface area contributed by atoms with Gasteiger partial charge in [0.25, 0.3) is 0 Å². The number of aliphatic carboxylic acids is 1. The highest BCUT2D eigenvalue weighted by atomic mass is 16.5. The van der Waals surface area contributed by atoms with Crippen molar-refractivity contribution in [1.82, 2.24) is 10.2 Å². The lowest BCUT2D eigenvalue weighted by Crippen LogP contribution is -2.27. The molecule has 3 aromatic rings. The molecule has 9 heteroatoms. The van der Waals surface area contributed by atoms with Crippen molar-refractivity contribution in [2.24, 2.45) is 5.92 Å². The van der Waals surface area contributed by atoms with Gasteiger partial charge in [-0.2, -0.15) is 0 Å². The van der Waals surface area contributed by atoms with Crippen LogP contribution in [0.3, 0.4) is 0 Å². The molecule has 1 heterocycles. The first-order valence-corrected chi connectivity index (χ1v) is 11.5. The molecule has 0 unspecified atom stereocenters. The molecule has 1 aromatic heterocycles. The van der Waals surface area contributed by atoms with Gasteiger partial charge in [-0.1, -0.05) is 42.4 Å². The Labute approximate surface area is 197 Å². The molecule has 0 saturated heterocycles. The first kappa shape index (κ1) is 23.3. The number of aromatic nitrogens is 2. The normalized spacial score (nSPS) is 18.6. The summed E-state index contributed by atoms with van der Waals surface area (Å²) in [6.45, 7) is 2.04. The first-order valence-electron chi connectivity index (χ1n) is 11.5. The van der Waals surface area contributed by atoms with Crippen LogP contribution in [0.15, 0.2) is 59.0 Å².